The maximum atomic E-state index is 11.5. The van der Waals surface area contributed by atoms with E-state index >= 15 is 0 Å². The van der Waals surface area contributed by atoms with Crippen molar-refractivity contribution in [3.8, 4) is 0 Å². The highest BCUT2D eigenvalue weighted by Gasteiger charge is 2.08. The van der Waals surface area contributed by atoms with Crippen LogP contribution in [0.5, 0.6) is 0 Å². The molecule has 0 bridgehead atoms. The van der Waals surface area contributed by atoms with Crippen molar-refractivity contribution in [3.63, 3.8) is 0 Å². The zero-order chi connectivity index (χ0) is 15.0. The summed E-state index contributed by atoms with van der Waals surface area (Å²) < 4.78 is 0. The molecule has 1 rings (SSSR count). The average Bonchev–Trinajstić information content (AvgIpc) is 2.46. The molecule has 6 heteroatoms. The van der Waals surface area contributed by atoms with E-state index < -0.39 is 0 Å². The van der Waals surface area contributed by atoms with E-state index in [4.69, 9.17) is 0 Å². The minimum atomic E-state index is 0. The summed E-state index contributed by atoms with van der Waals surface area (Å²) >= 11 is 0. The Bertz CT molecular complexity index is 448. The summed E-state index contributed by atoms with van der Waals surface area (Å²) in [6.07, 6.45) is 0.452. The number of benzene rings is 1. The minimum Gasteiger partial charge on any atom is -0.356 e. The van der Waals surface area contributed by atoms with Crippen molar-refractivity contribution >= 4 is 35.8 Å². The van der Waals surface area contributed by atoms with E-state index in [-0.39, 0.29) is 35.9 Å². The Kier molecular flexibility index (Phi) is 9.77. The van der Waals surface area contributed by atoms with Gasteiger partial charge in [0.2, 0.25) is 5.91 Å². The van der Waals surface area contributed by atoms with Crippen LogP contribution in [0.2, 0.25) is 0 Å². The molecule has 0 spiro atoms. The van der Waals surface area contributed by atoms with Gasteiger partial charge < -0.3 is 15.5 Å². The minimum absolute atomic E-state index is 0. The number of nitrogens with one attached hydrogen (secondary N) is 2. The van der Waals surface area contributed by atoms with Crippen molar-refractivity contribution in [2.75, 3.05) is 27.7 Å². The second-order valence-corrected chi connectivity index (χ2v) is 4.81. The maximum absolute atomic E-state index is 11.5. The van der Waals surface area contributed by atoms with E-state index in [0.717, 1.165) is 0 Å². The second kappa shape index (κ2) is 10.4. The molecule has 2 N–H and O–H groups in total. The first-order chi connectivity index (χ1) is 9.54. The number of hydrogen-bond acceptors (Lipinski definition) is 2. The molecule has 0 aliphatic rings. The third-order valence-corrected chi connectivity index (χ3v) is 3.01. The summed E-state index contributed by atoms with van der Waals surface area (Å²) in [5, 5.41) is 6.45. The number of hydrogen-bond donors (Lipinski definition) is 2. The van der Waals surface area contributed by atoms with Crippen LogP contribution in [0.4, 0.5) is 0 Å². The molecule has 0 heterocycles. The lowest BCUT2D eigenvalue weighted by molar-refractivity contribution is -0.128. The SMILES string of the molecule is CN=C(NCCC(=O)N(C)C)NC(C)c1ccccc1.I. The third-order valence-electron chi connectivity index (χ3n) is 3.01. The predicted octanol–water partition coefficient (Wildman–Crippen LogP) is 2.01. The van der Waals surface area contributed by atoms with Crippen molar-refractivity contribution in [3.05, 3.63) is 35.9 Å². The molecule has 1 aromatic carbocycles. The molecule has 0 fully saturated rings. The van der Waals surface area contributed by atoms with Crippen LogP contribution in [-0.4, -0.2) is 44.5 Å². The van der Waals surface area contributed by atoms with E-state index in [1.54, 1.807) is 26.0 Å². The lowest BCUT2D eigenvalue weighted by Gasteiger charge is -2.18. The van der Waals surface area contributed by atoms with E-state index in [1.165, 1.54) is 5.56 Å². The van der Waals surface area contributed by atoms with Gasteiger partial charge in [-0.15, -0.1) is 24.0 Å². The molecule has 0 aromatic heterocycles. The Hall–Kier alpha value is -1.31. The molecule has 21 heavy (non-hydrogen) atoms. The van der Waals surface area contributed by atoms with Gasteiger partial charge in [0.25, 0.3) is 0 Å². The number of guanidine groups is 1. The first-order valence-corrected chi connectivity index (χ1v) is 6.77. The number of nitrogens with zero attached hydrogens (tertiary/aromatic N) is 2. The van der Waals surface area contributed by atoms with Crippen LogP contribution < -0.4 is 10.6 Å². The summed E-state index contributed by atoms with van der Waals surface area (Å²) in [7, 11) is 5.24. The van der Waals surface area contributed by atoms with E-state index in [9.17, 15) is 4.79 Å². The topological polar surface area (TPSA) is 56.7 Å². The van der Waals surface area contributed by atoms with E-state index in [0.29, 0.717) is 18.9 Å². The number of halogens is 1. The normalized spacial score (nSPS) is 12.1. The molecule has 1 aromatic rings. The fourth-order valence-electron chi connectivity index (χ4n) is 1.74. The Morgan fingerprint density at radius 2 is 1.90 bits per heavy atom. The zero-order valence-corrected chi connectivity index (χ0v) is 15.4. The number of aliphatic imine (C=N–C) groups is 1. The van der Waals surface area contributed by atoms with Crippen LogP contribution in [0, 0.1) is 0 Å². The Balaban J connectivity index is 0.00000400. The predicted molar refractivity (Wildman–Crippen MR) is 98.1 cm³/mol. The van der Waals surface area contributed by atoms with Gasteiger partial charge in [0, 0.05) is 34.1 Å². The van der Waals surface area contributed by atoms with Gasteiger partial charge in [0.1, 0.15) is 0 Å². The van der Waals surface area contributed by atoms with Gasteiger partial charge in [-0.05, 0) is 12.5 Å². The Morgan fingerprint density at radius 3 is 2.43 bits per heavy atom. The molecule has 0 aliphatic carbocycles. The molecule has 1 atom stereocenters. The van der Waals surface area contributed by atoms with Crippen molar-refractivity contribution in [1.82, 2.24) is 15.5 Å². The molecular formula is C15H25IN4O. The number of carbonyl (C=O) groups is 1. The van der Waals surface area contributed by atoms with Crippen molar-refractivity contribution in [2.24, 2.45) is 4.99 Å². The summed E-state index contributed by atoms with van der Waals surface area (Å²) in [5.41, 5.74) is 1.19. The Labute approximate surface area is 144 Å². The van der Waals surface area contributed by atoms with Gasteiger partial charge in [0.05, 0.1) is 6.04 Å². The van der Waals surface area contributed by atoms with Gasteiger partial charge in [-0.2, -0.15) is 0 Å². The molecule has 0 saturated heterocycles. The summed E-state index contributed by atoms with van der Waals surface area (Å²) in [5.74, 6) is 0.803. The van der Waals surface area contributed by atoms with Gasteiger partial charge in [-0.3, -0.25) is 9.79 Å². The lowest BCUT2D eigenvalue weighted by Crippen LogP contribution is -2.40. The standard InChI is InChI=1S/C15H24N4O.HI/c1-12(13-8-6-5-7-9-13)18-15(16-2)17-11-10-14(20)19(3)4;/h5-9,12H,10-11H2,1-4H3,(H2,16,17,18);1H. The molecular weight excluding hydrogens is 379 g/mol. The molecule has 0 saturated carbocycles. The third kappa shape index (κ3) is 7.31. The van der Waals surface area contributed by atoms with Crippen LogP contribution >= 0.6 is 24.0 Å². The second-order valence-electron chi connectivity index (χ2n) is 4.81. The lowest BCUT2D eigenvalue weighted by atomic mass is 10.1. The van der Waals surface area contributed by atoms with Crippen molar-refractivity contribution < 1.29 is 4.79 Å². The smallest absolute Gasteiger partial charge is 0.223 e. The van der Waals surface area contributed by atoms with Gasteiger partial charge in [-0.1, -0.05) is 30.3 Å². The molecule has 1 unspecified atom stereocenters. The van der Waals surface area contributed by atoms with Crippen LogP contribution in [0.3, 0.4) is 0 Å². The first-order valence-electron chi connectivity index (χ1n) is 6.77. The fourth-order valence-corrected chi connectivity index (χ4v) is 1.74. The van der Waals surface area contributed by atoms with Crippen LogP contribution in [0.25, 0.3) is 0 Å². The van der Waals surface area contributed by atoms with Gasteiger partial charge >= 0.3 is 0 Å². The maximum Gasteiger partial charge on any atom is 0.223 e. The summed E-state index contributed by atoms with van der Waals surface area (Å²) in [6.45, 7) is 2.64. The molecule has 1 amide bonds. The zero-order valence-electron chi connectivity index (χ0n) is 13.1. The first kappa shape index (κ1) is 19.7. The van der Waals surface area contributed by atoms with E-state index in [2.05, 4.69) is 34.7 Å². The number of carbonyl (C=O) groups excluding carboxylic acids is 1. The average molecular weight is 404 g/mol. The van der Waals surface area contributed by atoms with Gasteiger partial charge in [-0.25, -0.2) is 0 Å². The molecule has 0 aliphatic heterocycles. The summed E-state index contributed by atoms with van der Waals surface area (Å²) in [6, 6.07) is 10.3. The highest BCUT2D eigenvalue weighted by molar-refractivity contribution is 14.0. The molecule has 118 valence electrons. The Morgan fingerprint density at radius 1 is 1.29 bits per heavy atom. The molecule has 0 radical (unpaired) electrons. The summed E-state index contributed by atoms with van der Waals surface area (Å²) in [4.78, 5) is 17.2. The fraction of sp³-hybridized carbons (Fsp3) is 0.467. The molecule has 5 nitrogen and oxygen atoms in total. The number of amides is 1. The monoisotopic (exact) mass is 404 g/mol. The van der Waals surface area contributed by atoms with Crippen molar-refractivity contribution in [2.45, 2.75) is 19.4 Å². The van der Waals surface area contributed by atoms with E-state index in [1.807, 2.05) is 18.2 Å². The highest BCUT2D eigenvalue weighted by Crippen LogP contribution is 2.10. The van der Waals surface area contributed by atoms with Crippen LogP contribution in [-0.2, 0) is 4.79 Å². The largest absolute Gasteiger partial charge is 0.356 e. The highest BCUT2D eigenvalue weighted by atomic mass is 127. The number of rotatable bonds is 5. The van der Waals surface area contributed by atoms with Gasteiger partial charge in [0.15, 0.2) is 5.96 Å². The van der Waals surface area contributed by atoms with Crippen molar-refractivity contribution in [1.29, 1.82) is 0 Å². The van der Waals surface area contributed by atoms with Crippen LogP contribution in [0.15, 0.2) is 35.3 Å². The quantitative estimate of drug-likeness (QED) is 0.449. The van der Waals surface area contributed by atoms with Crippen LogP contribution in [0.1, 0.15) is 24.9 Å².